The summed E-state index contributed by atoms with van der Waals surface area (Å²) in [7, 11) is 0. The standard InChI is InChI=1S/C12H27NO2/c1-4-5-6-7-8-11(14)9-13-12(15)10(2)3/h10-15H,4-9H2,1-3H3. The summed E-state index contributed by atoms with van der Waals surface area (Å²) in [4.78, 5) is 0. The van der Waals surface area contributed by atoms with E-state index in [4.69, 9.17) is 0 Å². The molecule has 2 atom stereocenters. The van der Waals surface area contributed by atoms with Gasteiger partial charge in [-0.3, -0.25) is 5.32 Å². The molecule has 0 aliphatic heterocycles. The van der Waals surface area contributed by atoms with Gasteiger partial charge < -0.3 is 10.2 Å². The van der Waals surface area contributed by atoms with E-state index < -0.39 is 6.23 Å². The minimum atomic E-state index is -0.504. The Morgan fingerprint density at radius 3 is 2.27 bits per heavy atom. The molecule has 0 aliphatic rings. The molecule has 0 radical (unpaired) electrons. The van der Waals surface area contributed by atoms with Gasteiger partial charge in [0.1, 0.15) is 6.23 Å². The Morgan fingerprint density at radius 1 is 1.07 bits per heavy atom. The first-order chi connectivity index (χ1) is 7.07. The van der Waals surface area contributed by atoms with Crippen LogP contribution in [0.5, 0.6) is 0 Å². The maximum Gasteiger partial charge on any atom is 0.107 e. The first-order valence-electron chi connectivity index (χ1n) is 6.17. The van der Waals surface area contributed by atoms with Crippen molar-refractivity contribution in [3.8, 4) is 0 Å². The van der Waals surface area contributed by atoms with Crippen molar-refractivity contribution >= 4 is 0 Å². The van der Waals surface area contributed by atoms with E-state index in [2.05, 4.69) is 12.2 Å². The largest absolute Gasteiger partial charge is 0.392 e. The van der Waals surface area contributed by atoms with Gasteiger partial charge in [0.25, 0.3) is 0 Å². The summed E-state index contributed by atoms with van der Waals surface area (Å²) in [5, 5.41) is 22.0. The van der Waals surface area contributed by atoms with Gasteiger partial charge in [-0.15, -0.1) is 0 Å². The predicted octanol–water partition coefficient (Wildman–Crippen LogP) is 1.88. The van der Waals surface area contributed by atoms with Crippen molar-refractivity contribution in [1.29, 1.82) is 0 Å². The van der Waals surface area contributed by atoms with Gasteiger partial charge in [0.05, 0.1) is 6.10 Å². The Hall–Kier alpha value is -0.120. The molecule has 0 spiro atoms. The lowest BCUT2D eigenvalue weighted by Crippen LogP contribution is -2.38. The molecule has 0 bridgehead atoms. The highest BCUT2D eigenvalue weighted by atomic mass is 16.3. The first kappa shape index (κ1) is 14.9. The van der Waals surface area contributed by atoms with Crippen molar-refractivity contribution < 1.29 is 10.2 Å². The molecule has 0 aromatic heterocycles. The van der Waals surface area contributed by atoms with E-state index in [-0.39, 0.29) is 12.0 Å². The number of aliphatic hydroxyl groups is 2. The topological polar surface area (TPSA) is 52.5 Å². The molecular formula is C12H27NO2. The predicted molar refractivity (Wildman–Crippen MR) is 63.6 cm³/mol. The summed E-state index contributed by atoms with van der Waals surface area (Å²) in [6, 6.07) is 0. The molecule has 0 saturated heterocycles. The Labute approximate surface area is 93.9 Å². The quantitative estimate of drug-likeness (QED) is 0.408. The monoisotopic (exact) mass is 217 g/mol. The lowest BCUT2D eigenvalue weighted by atomic mass is 10.1. The minimum Gasteiger partial charge on any atom is -0.392 e. The zero-order valence-corrected chi connectivity index (χ0v) is 10.4. The lowest BCUT2D eigenvalue weighted by Gasteiger charge is -2.18. The third-order valence-corrected chi connectivity index (χ3v) is 2.58. The van der Waals surface area contributed by atoms with E-state index in [1.165, 1.54) is 19.3 Å². The third-order valence-electron chi connectivity index (χ3n) is 2.58. The van der Waals surface area contributed by atoms with E-state index in [9.17, 15) is 10.2 Å². The van der Waals surface area contributed by atoms with Crippen LogP contribution >= 0.6 is 0 Å². The zero-order valence-electron chi connectivity index (χ0n) is 10.4. The van der Waals surface area contributed by atoms with Gasteiger partial charge in [0.2, 0.25) is 0 Å². The summed E-state index contributed by atoms with van der Waals surface area (Å²) >= 11 is 0. The van der Waals surface area contributed by atoms with E-state index in [1.807, 2.05) is 13.8 Å². The summed E-state index contributed by atoms with van der Waals surface area (Å²) in [6.07, 6.45) is 4.74. The smallest absolute Gasteiger partial charge is 0.107 e. The van der Waals surface area contributed by atoms with E-state index in [0.717, 1.165) is 12.8 Å². The summed E-state index contributed by atoms with van der Waals surface area (Å²) in [6.45, 7) is 6.57. The molecule has 0 saturated carbocycles. The summed E-state index contributed by atoms with van der Waals surface area (Å²) in [5.74, 6) is 0.192. The first-order valence-corrected chi connectivity index (χ1v) is 6.17. The van der Waals surface area contributed by atoms with Crippen molar-refractivity contribution in [2.24, 2.45) is 5.92 Å². The van der Waals surface area contributed by atoms with Crippen LogP contribution in [-0.2, 0) is 0 Å². The van der Waals surface area contributed by atoms with Gasteiger partial charge in [-0.25, -0.2) is 0 Å². The molecule has 0 aliphatic carbocycles. The highest BCUT2D eigenvalue weighted by Gasteiger charge is 2.10. The number of nitrogens with one attached hydrogen (secondary N) is 1. The average Bonchev–Trinajstić information content (AvgIpc) is 2.20. The maximum absolute atomic E-state index is 9.61. The number of hydrogen-bond donors (Lipinski definition) is 3. The van der Waals surface area contributed by atoms with Crippen molar-refractivity contribution in [2.75, 3.05) is 6.54 Å². The van der Waals surface area contributed by atoms with Gasteiger partial charge in [-0.2, -0.15) is 0 Å². The van der Waals surface area contributed by atoms with E-state index in [0.29, 0.717) is 6.54 Å². The van der Waals surface area contributed by atoms with Crippen LogP contribution in [0.4, 0.5) is 0 Å². The third kappa shape index (κ3) is 8.85. The van der Waals surface area contributed by atoms with Gasteiger partial charge in [-0.1, -0.05) is 46.5 Å². The minimum absolute atomic E-state index is 0.192. The fraction of sp³-hybridized carbons (Fsp3) is 1.00. The zero-order chi connectivity index (χ0) is 11.7. The van der Waals surface area contributed by atoms with Crippen molar-refractivity contribution in [1.82, 2.24) is 5.32 Å². The second-order valence-electron chi connectivity index (χ2n) is 4.60. The molecule has 2 unspecified atom stereocenters. The second-order valence-corrected chi connectivity index (χ2v) is 4.60. The average molecular weight is 217 g/mol. The molecule has 3 nitrogen and oxygen atoms in total. The lowest BCUT2D eigenvalue weighted by molar-refractivity contribution is 0.0664. The SMILES string of the molecule is CCCCCCC(O)CNC(O)C(C)C. The molecule has 0 rings (SSSR count). The second kappa shape index (κ2) is 9.13. The molecule has 0 heterocycles. The highest BCUT2D eigenvalue weighted by molar-refractivity contribution is 4.63. The van der Waals surface area contributed by atoms with Crippen LogP contribution < -0.4 is 5.32 Å². The Bertz CT molecular complexity index is 140. The highest BCUT2D eigenvalue weighted by Crippen LogP contribution is 2.05. The molecule has 92 valence electrons. The van der Waals surface area contributed by atoms with Crippen LogP contribution in [0.25, 0.3) is 0 Å². The maximum atomic E-state index is 9.61. The van der Waals surface area contributed by atoms with Crippen LogP contribution in [0.15, 0.2) is 0 Å². The molecule has 0 aromatic carbocycles. The van der Waals surface area contributed by atoms with Crippen LogP contribution in [-0.4, -0.2) is 29.1 Å². The number of rotatable bonds is 9. The van der Waals surface area contributed by atoms with Gasteiger partial charge in [-0.05, 0) is 12.3 Å². The van der Waals surface area contributed by atoms with Crippen LogP contribution in [0, 0.1) is 5.92 Å². The Balaban J connectivity index is 3.36. The molecule has 0 aromatic rings. The number of unbranched alkanes of at least 4 members (excludes halogenated alkanes) is 3. The molecule has 0 fully saturated rings. The van der Waals surface area contributed by atoms with E-state index >= 15 is 0 Å². The summed E-state index contributed by atoms with van der Waals surface area (Å²) in [5.41, 5.74) is 0. The normalized spacial score (nSPS) is 15.6. The van der Waals surface area contributed by atoms with Gasteiger partial charge in [0, 0.05) is 6.54 Å². The van der Waals surface area contributed by atoms with Crippen LogP contribution in [0.2, 0.25) is 0 Å². The molecular weight excluding hydrogens is 190 g/mol. The molecule has 15 heavy (non-hydrogen) atoms. The number of aliphatic hydroxyl groups excluding tert-OH is 2. The Morgan fingerprint density at radius 2 is 1.73 bits per heavy atom. The molecule has 3 heteroatoms. The van der Waals surface area contributed by atoms with Crippen LogP contribution in [0.3, 0.4) is 0 Å². The fourth-order valence-electron chi connectivity index (χ4n) is 1.40. The number of hydrogen-bond acceptors (Lipinski definition) is 3. The van der Waals surface area contributed by atoms with Gasteiger partial charge in [0.15, 0.2) is 0 Å². The van der Waals surface area contributed by atoms with Gasteiger partial charge >= 0.3 is 0 Å². The van der Waals surface area contributed by atoms with Crippen molar-refractivity contribution in [3.05, 3.63) is 0 Å². The van der Waals surface area contributed by atoms with Crippen LogP contribution in [0.1, 0.15) is 52.9 Å². The molecule has 3 N–H and O–H groups in total. The fourth-order valence-corrected chi connectivity index (χ4v) is 1.40. The van der Waals surface area contributed by atoms with E-state index in [1.54, 1.807) is 0 Å². The molecule has 0 amide bonds. The van der Waals surface area contributed by atoms with Crippen molar-refractivity contribution in [2.45, 2.75) is 65.2 Å². The Kier molecular flexibility index (Phi) is 9.06. The van der Waals surface area contributed by atoms with Crippen molar-refractivity contribution in [3.63, 3.8) is 0 Å². The summed E-state index contributed by atoms with van der Waals surface area (Å²) < 4.78 is 0.